The molecule has 0 radical (unpaired) electrons. The highest BCUT2D eigenvalue weighted by Crippen LogP contribution is 2.27. The van der Waals surface area contributed by atoms with Gasteiger partial charge in [0.1, 0.15) is 11.9 Å². The molecule has 1 aliphatic heterocycles. The normalized spacial score (nSPS) is 15.4. The van der Waals surface area contributed by atoms with E-state index >= 15 is 0 Å². The van der Waals surface area contributed by atoms with E-state index < -0.39 is 6.04 Å². The predicted octanol–water partition coefficient (Wildman–Crippen LogP) is 4.40. The molecule has 4 rings (SSSR count). The van der Waals surface area contributed by atoms with Crippen LogP contribution >= 0.6 is 11.6 Å². The molecule has 9 heteroatoms. The van der Waals surface area contributed by atoms with E-state index in [0.717, 1.165) is 43.1 Å². The summed E-state index contributed by atoms with van der Waals surface area (Å²) in [5.41, 5.74) is 1.81. The highest BCUT2D eigenvalue weighted by molar-refractivity contribution is 6.30. The number of hydrogen-bond donors (Lipinski definition) is 1. The zero-order chi connectivity index (χ0) is 24.8. The molecule has 1 aromatic heterocycles. The third kappa shape index (κ3) is 6.46. The number of halogens is 2. The lowest BCUT2D eigenvalue weighted by molar-refractivity contribution is -0.127. The maximum absolute atomic E-state index is 13.6. The molecule has 7 nitrogen and oxygen atoms in total. The summed E-state index contributed by atoms with van der Waals surface area (Å²) < 4.78 is 24.1. The molecule has 0 aliphatic carbocycles. The summed E-state index contributed by atoms with van der Waals surface area (Å²) >= 11 is 6.11. The minimum atomic E-state index is -0.684. The van der Waals surface area contributed by atoms with Crippen molar-refractivity contribution in [3.8, 4) is 11.8 Å². The Labute approximate surface area is 209 Å². The van der Waals surface area contributed by atoms with Crippen LogP contribution < -0.4 is 14.8 Å². The number of hydrogen-bond acceptors (Lipinski definition) is 6. The van der Waals surface area contributed by atoms with Crippen LogP contribution in [0.25, 0.3) is 0 Å². The largest absolute Gasteiger partial charge is 0.481 e. The van der Waals surface area contributed by atoms with Gasteiger partial charge >= 0.3 is 0 Å². The summed E-state index contributed by atoms with van der Waals surface area (Å²) in [5.74, 6) is 0.313. The van der Waals surface area contributed by atoms with E-state index in [-0.39, 0.29) is 17.6 Å². The van der Waals surface area contributed by atoms with Crippen molar-refractivity contribution in [1.82, 2.24) is 20.2 Å². The minimum absolute atomic E-state index is 0.0906. The standard InChI is InChI=1S/C26H28ClFN4O3/c1-34-22-15-23(35-2)30-25(29-22)24(18-6-8-21(28)9-7-18)31-26(33)19-10-12-32(13-11-19)16-17-4-3-5-20(27)14-17/h3-9,14-15,19,24H,10-13,16H2,1-2H3,(H,31,33). The molecule has 1 N–H and O–H groups in total. The molecular weight excluding hydrogens is 471 g/mol. The first kappa shape index (κ1) is 24.9. The number of ether oxygens (including phenoxy) is 2. The SMILES string of the molecule is COc1cc(OC)nc(C(NC(=O)C2CCN(Cc3cccc(Cl)c3)CC2)c2ccc(F)cc2)n1. The molecule has 0 spiro atoms. The first-order valence-electron chi connectivity index (χ1n) is 11.4. The van der Waals surface area contributed by atoms with Gasteiger partial charge in [-0.05, 0) is 61.3 Å². The number of rotatable bonds is 8. The second-order valence-corrected chi connectivity index (χ2v) is 8.92. The molecule has 1 amide bonds. The Morgan fingerprint density at radius 2 is 1.74 bits per heavy atom. The number of benzene rings is 2. The fraction of sp³-hybridized carbons (Fsp3) is 0.346. The maximum Gasteiger partial charge on any atom is 0.224 e. The number of nitrogens with one attached hydrogen (secondary N) is 1. The smallest absolute Gasteiger partial charge is 0.224 e. The van der Waals surface area contributed by atoms with E-state index in [2.05, 4.69) is 26.3 Å². The first-order chi connectivity index (χ1) is 16.9. The Kier molecular flexibility index (Phi) is 8.15. The molecule has 1 saturated heterocycles. The van der Waals surface area contributed by atoms with Crippen LogP contribution in [0.15, 0.2) is 54.6 Å². The van der Waals surface area contributed by atoms with Gasteiger partial charge in [-0.15, -0.1) is 0 Å². The van der Waals surface area contributed by atoms with E-state index in [0.29, 0.717) is 23.1 Å². The zero-order valence-electron chi connectivity index (χ0n) is 19.7. The molecule has 2 heterocycles. The van der Waals surface area contributed by atoms with Gasteiger partial charge in [-0.2, -0.15) is 9.97 Å². The van der Waals surface area contributed by atoms with E-state index in [9.17, 15) is 9.18 Å². The molecule has 3 aromatic rings. The predicted molar refractivity (Wildman–Crippen MR) is 131 cm³/mol. The van der Waals surface area contributed by atoms with Crippen molar-refractivity contribution in [3.63, 3.8) is 0 Å². The van der Waals surface area contributed by atoms with Crippen LogP contribution in [0.4, 0.5) is 4.39 Å². The third-order valence-corrected chi connectivity index (χ3v) is 6.35. The molecule has 184 valence electrons. The Balaban J connectivity index is 1.47. The number of amides is 1. The van der Waals surface area contributed by atoms with Crippen molar-refractivity contribution in [2.45, 2.75) is 25.4 Å². The summed E-state index contributed by atoms with van der Waals surface area (Å²) in [5, 5.41) is 3.80. The van der Waals surface area contributed by atoms with Gasteiger partial charge in [0.25, 0.3) is 0 Å². The number of piperidine rings is 1. The number of carbonyl (C=O) groups is 1. The van der Waals surface area contributed by atoms with Gasteiger partial charge < -0.3 is 14.8 Å². The molecule has 0 saturated carbocycles. The number of aromatic nitrogens is 2. The maximum atomic E-state index is 13.6. The molecule has 1 unspecified atom stereocenters. The van der Waals surface area contributed by atoms with Crippen molar-refractivity contribution in [2.24, 2.45) is 5.92 Å². The summed E-state index contributed by atoms with van der Waals surface area (Å²) in [6.07, 6.45) is 1.45. The molecule has 2 aromatic carbocycles. The first-order valence-corrected chi connectivity index (χ1v) is 11.8. The average Bonchev–Trinajstić information content (AvgIpc) is 2.88. The van der Waals surface area contributed by atoms with Gasteiger partial charge in [0.05, 0.1) is 20.3 Å². The molecule has 35 heavy (non-hydrogen) atoms. The number of methoxy groups -OCH3 is 2. The second kappa shape index (κ2) is 11.5. The van der Waals surface area contributed by atoms with Crippen LogP contribution in [0.2, 0.25) is 5.02 Å². The molecule has 1 atom stereocenters. The molecular formula is C26H28ClFN4O3. The Morgan fingerprint density at radius 1 is 1.09 bits per heavy atom. The van der Waals surface area contributed by atoms with Gasteiger partial charge in [-0.1, -0.05) is 35.9 Å². The lowest BCUT2D eigenvalue weighted by Crippen LogP contribution is -2.41. The van der Waals surface area contributed by atoms with Gasteiger partial charge in [0, 0.05) is 17.5 Å². The van der Waals surface area contributed by atoms with Gasteiger partial charge in [0.2, 0.25) is 17.7 Å². The lowest BCUT2D eigenvalue weighted by atomic mass is 9.94. The van der Waals surface area contributed by atoms with E-state index in [1.54, 1.807) is 18.2 Å². The highest BCUT2D eigenvalue weighted by atomic mass is 35.5. The van der Waals surface area contributed by atoms with Gasteiger partial charge in [-0.3, -0.25) is 9.69 Å². The van der Waals surface area contributed by atoms with Crippen LogP contribution in [0.3, 0.4) is 0 Å². The van der Waals surface area contributed by atoms with Crippen molar-refractivity contribution >= 4 is 17.5 Å². The van der Waals surface area contributed by atoms with Crippen LogP contribution in [-0.2, 0) is 11.3 Å². The van der Waals surface area contributed by atoms with E-state index in [4.69, 9.17) is 21.1 Å². The quantitative estimate of drug-likeness (QED) is 0.496. The number of carbonyl (C=O) groups excluding carboxylic acids is 1. The summed E-state index contributed by atoms with van der Waals surface area (Å²) in [6, 6.07) is 14.6. The van der Waals surface area contributed by atoms with Crippen LogP contribution in [0.5, 0.6) is 11.8 Å². The Hall–Kier alpha value is -3.23. The Bertz CT molecular complexity index is 1130. The van der Waals surface area contributed by atoms with Crippen LogP contribution in [0.1, 0.15) is 35.8 Å². The monoisotopic (exact) mass is 498 g/mol. The minimum Gasteiger partial charge on any atom is -0.481 e. The molecule has 1 fully saturated rings. The topological polar surface area (TPSA) is 76.6 Å². The van der Waals surface area contributed by atoms with Crippen LogP contribution in [-0.4, -0.2) is 48.1 Å². The third-order valence-electron chi connectivity index (χ3n) is 6.12. The van der Waals surface area contributed by atoms with Crippen molar-refractivity contribution in [1.29, 1.82) is 0 Å². The van der Waals surface area contributed by atoms with Gasteiger partial charge in [0.15, 0.2) is 5.82 Å². The summed E-state index contributed by atoms with van der Waals surface area (Å²) in [6.45, 7) is 2.40. The summed E-state index contributed by atoms with van der Waals surface area (Å²) in [7, 11) is 2.99. The fourth-order valence-corrected chi connectivity index (χ4v) is 4.43. The fourth-order valence-electron chi connectivity index (χ4n) is 4.22. The molecule has 0 bridgehead atoms. The molecule has 1 aliphatic rings. The van der Waals surface area contributed by atoms with Crippen LogP contribution in [0, 0.1) is 11.7 Å². The van der Waals surface area contributed by atoms with E-state index in [1.165, 1.54) is 26.4 Å². The number of likely N-dealkylation sites (tertiary alicyclic amines) is 1. The zero-order valence-corrected chi connectivity index (χ0v) is 20.5. The lowest BCUT2D eigenvalue weighted by Gasteiger charge is -2.32. The van der Waals surface area contributed by atoms with Crippen molar-refractivity contribution in [2.75, 3.05) is 27.3 Å². The highest BCUT2D eigenvalue weighted by Gasteiger charge is 2.29. The van der Waals surface area contributed by atoms with Gasteiger partial charge in [-0.25, -0.2) is 4.39 Å². The summed E-state index contributed by atoms with van der Waals surface area (Å²) in [4.78, 5) is 24.5. The number of nitrogens with zero attached hydrogens (tertiary/aromatic N) is 3. The van der Waals surface area contributed by atoms with E-state index in [1.807, 2.05) is 18.2 Å². The van der Waals surface area contributed by atoms with Crippen molar-refractivity contribution < 1.29 is 18.7 Å². The average molecular weight is 499 g/mol. The van der Waals surface area contributed by atoms with Crippen molar-refractivity contribution in [3.05, 3.63) is 82.4 Å². The second-order valence-electron chi connectivity index (χ2n) is 8.48. The Morgan fingerprint density at radius 3 is 2.34 bits per heavy atom.